The first kappa shape index (κ1) is 22.8. The summed E-state index contributed by atoms with van der Waals surface area (Å²) in [5.41, 5.74) is 8.53. The van der Waals surface area contributed by atoms with E-state index >= 15 is 0 Å². The quantitative estimate of drug-likeness (QED) is 0.298. The van der Waals surface area contributed by atoms with Gasteiger partial charge in [0.1, 0.15) is 12.4 Å². The third-order valence-electron chi connectivity index (χ3n) is 5.77. The fraction of sp³-hybridized carbons (Fsp3) is 0.276. The van der Waals surface area contributed by atoms with Crippen LogP contribution in [0.4, 0.5) is 0 Å². The summed E-state index contributed by atoms with van der Waals surface area (Å²) in [6.07, 6.45) is 2.04. The monoisotopic (exact) mass is 442 g/mol. The lowest BCUT2D eigenvalue weighted by molar-refractivity contribution is -0.156. The summed E-state index contributed by atoms with van der Waals surface area (Å²) in [5, 5.41) is 0. The number of hydrogen-bond acceptors (Lipinski definition) is 4. The lowest BCUT2D eigenvalue weighted by atomic mass is 10.0. The van der Waals surface area contributed by atoms with Gasteiger partial charge in [-0.2, -0.15) is 0 Å². The lowest BCUT2D eigenvalue weighted by Crippen LogP contribution is -2.28. The van der Waals surface area contributed by atoms with Crippen molar-refractivity contribution in [3.05, 3.63) is 95.1 Å². The Balaban J connectivity index is 1.44. The Morgan fingerprint density at radius 1 is 0.879 bits per heavy atom. The second-order valence-corrected chi connectivity index (χ2v) is 8.07. The first-order valence-corrected chi connectivity index (χ1v) is 11.5. The lowest BCUT2D eigenvalue weighted by Gasteiger charge is -2.15. The molecule has 0 aromatic heterocycles. The van der Waals surface area contributed by atoms with Crippen LogP contribution in [0, 0.1) is 6.92 Å². The third kappa shape index (κ3) is 5.18. The van der Waals surface area contributed by atoms with Crippen LogP contribution in [-0.2, 0) is 20.7 Å². The summed E-state index contributed by atoms with van der Waals surface area (Å²) in [4.78, 5) is 12.1. The summed E-state index contributed by atoms with van der Waals surface area (Å²) < 4.78 is 16.7. The van der Waals surface area contributed by atoms with Crippen molar-refractivity contribution in [2.75, 3.05) is 19.8 Å². The standard InChI is InChI=1S/C29H30O4/c1-4-31-28(29(30)32-5-2)19-21-11-13-22(14-12-21)33-17-16-26-23-8-6-7-9-24(23)27-18-20(3)10-15-25(26)27/h6-16,18,28H,4-5,17,19H2,1-3H3. The highest BCUT2D eigenvalue weighted by molar-refractivity contribution is 6.01. The molecule has 1 aliphatic rings. The van der Waals surface area contributed by atoms with Crippen molar-refractivity contribution in [3.8, 4) is 16.9 Å². The predicted molar refractivity (Wildman–Crippen MR) is 131 cm³/mol. The zero-order valence-corrected chi connectivity index (χ0v) is 19.5. The zero-order chi connectivity index (χ0) is 23.2. The first-order chi connectivity index (χ1) is 16.1. The van der Waals surface area contributed by atoms with Crippen molar-refractivity contribution >= 4 is 11.5 Å². The number of carbonyl (C=O) groups excluding carboxylic acids is 1. The molecule has 4 rings (SSSR count). The maximum atomic E-state index is 12.1. The van der Waals surface area contributed by atoms with E-state index < -0.39 is 6.10 Å². The molecule has 0 saturated carbocycles. The molecule has 1 unspecified atom stereocenters. The number of carbonyl (C=O) groups is 1. The fourth-order valence-corrected chi connectivity index (χ4v) is 4.24. The minimum absolute atomic E-state index is 0.321. The van der Waals surface area contributed by atoms with Gasteiger partial charge in [0.05, 0.1) is 6.61 Å². The smallest absolute Gasteiger partial charge is 0.335 e. The molecule has 0 saturated heterocycles. The Labute approximate surface area is 195 Å². The van der Waals surface area contributed by atoms with E-state index in [0.29, 0.717) is 26.2 Å². The van der Waals surface area contributed by atoms with E-state index in [1.165, 1.54) is 33.4 Å². The van der Waals surface area contributed by atoms with Crippen molar-refractivity contribution < 1.29 is 19.0 Å². The first-order valence-electron chi connectivity index (χ1n) is 11.5. The molecule has 0 N–H and O–H groups in total. The Bertz CT molecular complexity index is 1140. The van der Waals surface area contributed by atoms with Crippen LogP contribution >= 0.6 is 0 Å². The van der Waals surface area contributed by atoms with E-state index in [1.807, 2.05) is 31.2 Å². The van der Waals surface area contributed by atoms with Crippen LogP contribution in [0.3, 0.4) is 0 Å². The number of fused-ring (bicyclic) bond motifs is 3. The molecule has 3 aromatic rings. The maximum Gasteiger partial charge on any atom is 0.335 e. The molecule has 33 heavy (non-hydrogen) atoms. The molecule has 1 atom stereocenters. The van der Waals surface area contributed by atoms with Crippen LogP contribution in [0.15, 0.2) is 72.8 Å². The van der Waals surface area contributed by atoms with Crippen LogP contribution in [0.25, 0.3) is 16.7 Å². The minimum atomic E-state index is -0.586. The van der Waals surface area contributed by atoms with Crippen LogP contribution in [0.5, 0.6) is 5.75 Å². The molecule has 0 heterocycles. The fourth-order valence-electron chi connectivity index (χ4n) is 4.24. The summed E-state index contributed by atoms with van der Waals surface area (Å²) >= 11 is 0. The van der Waals surface area contributed by atoms with Gasteiger partial charge in [-0.05, 0) is 72.4 Å². The molecule has 1 aliphatic carbocycles. The van der Waals surface area contributed by atoms with Crippen LogP contribution < -0.4 is 4.74 Å². The zero-order valence-electron chi connectivity index (χ0n) is 19.5. The van der Waals surface area contributed by atoms with Gasteiger partial charge in [-0.1, -0.05) is 60.2 Å². The van der Waals surface area contributed by atoms with E-state index in [0.717, 1.165) is 11.3 Å². The Morgan fingerprint density at radius 2 is 1.61 bits per heavy atom. The molecule has 4 nitrogen and oxygen atoms in total. The highest BCUT2D eigenvalue weighted by Gasteiger charge is 2.23. The second kappa shape index (κ2) is 10.5. The molecule has 0 radical (unpaired) electrons. The molecule has 0 aliphatic heterocycles. The van der Waals surface area contributed by atoms with Crippen molar-refractivity contribution in [2.24, 2.45) is 0 Å². The number of benzene rings is 3. The highest BCUT2D eigenvalue weighted by atomic mass is 16.6. The van der Waals surface area contributed by atoms with Gasteiger partial charge in [0, 0.05) is 13.0 Å². The summed E-state index contributed by atoms with van der Waals surface area (Å²) in [6.45, 7) is 7.08. The predicted octanol–water partition coefficient (Wildman–Crippen LogP) is 6.00. The third-order valence-corrected chi connectivity index (χ3v) is 5.77. The van der Waals surface area contributed by atoms with E-state index in [-0.39, 0.29) is 5.97 Å². The number of aryl methyl sites for hydroxylation is 1. The van der Waals surface area contributed by atoms with Gasteiger partial charge in [0.25, 0.3) is 0 Å². The summed E-state index contributed by atoms with van der Waals surface area (Å²) in [6, 6.07) is 22.9. The SMILES string of the molecule is CCOC(=O)C(Cc1ccc(OCC=C2c3ccccc3-c3cc(C)ccc32)cc1)OCC. The van der Waals surface area contributed by atoms with Gasteiger partial charge >= 0.3 is 5.97 Å². The highest BCUT2D eigenvalue weighted by Crippen LogP contribution is 2.44. The van der Waals surface area contributed by atoms with Crippen molar-refractivity contribution in [1.82, 2.24) is 0 Å². The number of esters is 1. The van der Waals surface area contributed by atoms with Gasteiger partial charge in [-0.15, -0.1) is 0 Å². The largest absolute Gasteiger partial charge is 0.490 e. The molecular formula is C29H30O4. The molecule has 0 fully saturated rings. The normalized spacial score (nSPS) is 14.0. The average molecular weight is 443 g/mol. The molecule has 170 valence electrons. The number of ether oxygens (including phenoxy) is 3. The summed E-state index contributed by atoms with van der Waals surface area (Å²) in [5.74, 6) is 0.466. The number of rotatable bonds is 9. The number of hydrogen-bond donors (Lipinski definition) is 0. The van der Waals surface area contributed by atoms with E-state index in [9.17, 15) is 4.79 Å². The molecule has 0 spiro atoms. The van der Waals surface area contributed by atoms with E-state index in [2.05, 4.69) is 55.5 Å². The Hall–Kier alpha value is -3.37. The van der Waals surface area contributed by atoms with Gasteiger partial charge in [-0.3, -0.25) is 0 Å². The van der Waals surface area contributed by atoms with Crippen molar-refractivity contribution in [3.63, 3.8) is 0 Å². The second-order valence-electron chi connectivity index (χ2n) is 8.07. The van der Waals surface area contributed by atoms with Gasteiger partial charge < -0.3 is 14.2 Å². The Kier molecular flexibility index (Phi) is 7.26. The van der Waals surface area contributed by atoms with Gasteiger partial charge in [0.2, 0.25) is 0 Å². The van der Waals surface area contributed by atoms with Crippen LogP contribution in [0.1, 0.15) is 36.1 Å². The van der Waals surface area contributed by atoms with Gasteiger partial charge in [0.15, 0.2) is 6.10 Å². The topological polar surface area (TPSA) is 44.8 Å². The maximum absolute atomic E-state index is 12.1. The Morgan fingerprint density at radius 3 is 2.33 bits per heavy atom. The van der Waals surface area contributed by atoms with Crippen molar-refractivity contribution in [2.45, 2.75) is 33.3 Å². The summed E-state index contributed by atoms with van der Waals surface area (Å²) in [7, 11) is 0. The van der Waals surface area contributed by atoms with Crippen LogP contribution in [0.2, 0.25) is 0 Å². The molecule has 4 heteroatoms. The van der Waals surface area contributed by atoms with E-state index in [4.69, 9.17) is 14.2 Å². The van der Waals surface area contributed by atoms with E-state index in [1.54, 1.807) is 6.92 Å². The molecule has 3 aromatic carbocycles. The minimum Gasteiger partial charge on any atom is -0.490 e. The molecular weight excluding hydrogens is 412 g/mol. The van der Waals surface area contributed by atoms with Crippen molar-refractivity contribution in [1.29, 1.82) is 0 Å². The molecule has 0 bridgehead atoms. The van der Waals surface area contributed by atoms with Crippen LogP contribution in [-0.4, -0.2) is 31.9 Å². The van der Waals surface area contributed by atoms with Gasteiger partial charge in [-0.25, -0.2) is 4.79 Å². The molecule has 0 amide bonds. The average Bonchev–Trinajstić information content (AvgIpc) is 3.13.